The van der Waals surface area contributed by atoms with Gasteiger partial charge in [0.15, 0.2) is 0 Å². The van der Waals surface area contributed by atoms with Crippen molar-refractivity contribution < 1.29 is 14.0 Å². The molecule has 2 aromatic carbocycles. The minimum Gasteiger partial charge on any atom is -0.338 e. The molecule has 194 valence electrons. The van der Waals surface area contributed by atoms with Gasteiger partial charge in [-0.2, -0.15) is 0 Å². The lowest BCUT2D eigenvalue weighted by atomic mass is 9.62. The van der Waals surface area contributed by atoms with Gasteiger partial charge in [-0.1, -0.05) is 50.6 Å². The fourth-order valence-corrected chi connectivity index (χ4v) is 6.64. The Kier molecular flexibility index (Phi) is 6.65. The first-order valence-corrected chi connectivity index (χ1v) is 13.6. The standard InChI is InChI=1S/C28H29ClFIN4O2/c1-27(2,3)14-20-28(17-11-10-15(29)13-19(17)32-26(28)37)22(16-7-5-8-18(31)23(16)30)24(33-20)25(36)34-21-9-6-12-35(21)4/h5-13,20,22,24,33H,14H2,1-4H3,(H,32,37)(H,34,36)/t20-,22-,24+,28+/m0/s1. The van der Waals surface area contributed by atoms with Crippen LogP contribution in [-0.4, -0.2) is 28.5 Å². The molecule has 1 fully saturated rings. The highest BCUT2D eigenvalue weighted by molar-refractivity contribution is 14.1. The molecule has 0 radical (unpaired) electrons. The van der Waals surface area contributed by atoms with E-state index >= 15 is 4.39 Å². The summed E-state index contributed by atoms with van der Waals surface area (Å²) in [6.07, 6.45) is 2.42. The number of rotatable bonds is 4. The van der Waals surface area contributed by atoms with E-state index in [9.17, 15) is 9.59 Å². The summed E-state index contributed by atoms with van der Waals surface area (Å²) in [6.45, 7) is 6.28. The van der Waals surface area contributed by atoms with Crippen molar-refractivity contribution in [3.8, 4) is 0 Å². The lowest BCUT2D eigenvalue weighted by Gasteiger charge is -2.37. The number of nitrogens with one attached hydrogen (secondary N) is 3. The number of nitrogens with zero attached hydrogens (tertiary/aromatic N) is 1. The van der Waals surface area contributed by atoms with Gasteiger partial charge in [-0.15, -0.1) is 0 Å². The molecule has 3 heterocycles. The molecule has 0 bridgehead atoms. The van der Waals surface area contributed by atoms with Crippen LogP contribution in [0.1, 0.15) is 44.2 Å². The summed E-state index contributed by atoms with van der Waals surface area (Å²) in [4.78, 5) is 28.0. The van der Waals surface area contributed by atoms with Gasteiger partial charge in [-0.3, -0.25) is 9.59 Å². The molecule has 2 aliphatic rings. The SMILES string of the molecule is Cn1cccc1NC(=O)[C@@H]1N[C@@H](CC(C)(C)C)[C@@]2(C(=O)Nc3cc(Cl)ccc32)[C@H]1c1cccc(I)c1F. The summed E-state index contributed by atoms with van der Waals surface area (Å²) < 4.78 is 18.1. The van der Waals surface area contributed by atoms with Crippen LogP contribution in [0.2, 0.25) is 5.02 Å². The number of halogens is 3. The third-order valence-corrected chi connectivity index (χ3v) is 8.48. The van der Waals surface area contributed by atoms with Gasteiger partial charge in [0.1, 0.15) is 17.1 Å². The van der Waals surface area contributed by atoms with Gasteiger partial charge in [0.25, 0.3) is 0 Å². The van der Waals surface area contributed by atoms with E-state index in [2.05, 4.69) is 36.7 Å². The van der Waals surface area contributed by atoms with Crippen molar-refractivity contribution in [2.45, 2.75) is 50.6 Å². The maximum Gasteiger partial charge on any atom is 0.243 e. The largest absolute Gasteiger partial charge is 0.338 e. The predicted octanol–water partition coefficient (Wildman–Crippen LogP) is 5.81. The van der Waals surface area contributed by atoms with Crippen LogP contribution in [0.15, 0.2) is 54.7 Å². The molecule has 6 nitrogen and oxygen atoms in total. The summed E-state index contributed by atoms with van der Waals surface area (Å²) in [5.41, 5.74) is 0.242. The average Bonchev–Trinajstić information content (AvgIpc) is 3.44. The maximum absolute atomic E-state index is 15.9. The fraction of sp³-hybridized carbons (Fsp3) is 0.357. The Morgan fingerprint density at radius 2 is 1.97 bits per heavy atom. The highest BCUT2D eigenvalue weighted by atomic mass is 127. The monoisotopic (exact) mass is 634 g/mol. The Bertz CT molecular complexity index is 1400. The van der Waals surface area contributed by atoms with Crippen LogP contribution in [0.4, 0.5) is 15.9 Å². The summed E-state index contributed by atoms with van der Waals surface area (Å²) >= 11 is 8.24. The summed E-state index contributed by atoms with van der Waals surface area (Å²) in [6, 6.07) is 12.8. The predicted molar refractivity (Wildman–Crippen MR) is 152 cm³/mol. The van der Waals surface area contributed by atoms with E-state index in [1.165, 1.54) is 0 Å². The number of hydrogen-bond acceptors (Lipinski definition) is 3. The minimum absolute atomic E-state index is 0.183. The Morgan fingerprint density at radius 1 is 1.22 bits per heavy atom. The Labute approximate surface area is 234 Å². The molecule has 2 aliphatic heterocycles. The van der Waals surface area contributed by atoms with Gasteiger partial charge in [-0.05, 0) is 75.9 Å². The molecule has 2 amide bonds. The van der Waals surface area contributed by atoms with Crippen LogP contribution in [-0.2, 0) is 22.1 Å². The van der Waals surface area contributed by atoms with E-state index in [0.717, 1.165) is 5.56 Å². The zero-order valence-corrected chi connectivity index (χ0v) is 23.9. The second-order valence-corrected chi connectivity index (χ2v) is 12.7. The highest BCUT2D eigenvalue weighted by Gasteiger charge is 2.66. The Hall–Kier alpha value is -2.43. The number of benzene rings is 2. The minimum atomic E-state index is -1.23. The van der Waals surface area contributed by atoms with Crippen molar-refractivity contribution in [2.24, 2.45) is 12.5 Å². The molecular formula is C28H29ClFIN4O2. The first-order chi connectivity index (χ1) is 17.4. The van der Waals surface area contributed by atoms with Crippen LogP contribution < -0.4 is 16.0 Å². The smallest absolute Gasteiger partial charge is 0.243 e. The van der Waals surface area contributed by atoms with Crippen LogP contribution >= 0.6 is 34.2 Å². The second kappa shape index (κ2) is 9.39. The molecule has 3 N–H and O–H groups in total. The number of carbonyl (C=O) groups is 2. The van der Waals surface area contributed by atoms with Crippen LogP contribution in [0, 0.1) is 14.8 Å². The number of amides is 2. The van der Waals surface area contributed by atoms with Crippen molar-refractivity contribution >= 4 is 57.5 Å². The first kappa shape index (κ1) is 26.2. The number of anilines is 2. The average molecular weight is 635 g/mol. The van der Waals surface area contributed by atoms with Crippen molar-refractivity contribution in [1.29, 1.82) is 0 Å². The van der Waals surface area contributed by atoms with Crippen molar-refractivity contribution in [2.75, 3.05) is 10.6 Å². The van der Waals surface area contributed by atoms with E-state index < -0.39 is 29.2 Å². The molecule has 4 atom stereocenters. The van der Waals surface area contributed by atoms with Crippen LogP contribution in [0.25, 0.3) is 0 Å². The van der Waals surface area contributed by atoms with Gasteiger partial charge in [-0.25, -0.2) is 4.39 Å². The number of fused-ring (bicyclic) bond motifs is 2. The third-order valence-electron chi connectivity index (χ3n) is 7.42. The molecular weight excluding hydrogens is 606 g/mol. The van der Waals surface area contributed by atoms with E-state index in [4.69, 9.17) is 11.6 Å². The molecule has 37 heavy (non-hydrogen) atoms. The van der Waals surface area contributed by atoms with Gasteiger partial charge >= 0.3 is 0 Å². The van der Waals surface area contributed by atoms with Crippen molar-refractivity contribution in [3.63, 3.8) is 0 Å². The summed E-state index contributed by atoms with van der Waals surface area (Å²) in [7, 11) is 1.84. The molecule has 1 spiro atoms. The van der Waals surface area contributed by atoms with Gasteiger partial charge in [0.05, 0.1) is 6.04 Å². The molecule has 1 saturated heterocycles. The molecule has 0 aliphatic carbocycles. The number of aromatic nitrogens is 1. The van der Waals surface area contributed by atoms with Crippen molar-refractivity contribution in [3.05, 3.63) is 80.3 Å². The van der Waals surface area contributed by atoms with Gasteiger partial charge < -0.3 is 20.5 Å². The molecule has 1 aromatic heterocycles. The number of hydrogen-bond donors (Lipinski definition) is 3. The fourth-order valence-electron chi connectivity index (χ4n) is 5.95. The molecule has 0 unspecified atom stereocenters. The van der Waals surface area contributed by atoms with Gasteiger partial charge in [0, 0.05) is 39.5 Å². The van der Waals surface area contributed by atoms with E-state index in [0.29, 0.717) is 32.1 Å². The first-order valence-electron chi connectivity index (χ1n) is 12.2. The molecule has 3 aromatic rings. The normalized spacial score (nSPS) is 24.8. The Morgan fingerprint density at radius 3 is 2.65 bits per heavy atom. The quantitative estimate of drug-likeness (QED) is 0.317. The lowest BCUT2D eigenvalue weighted by Crippen LogP contribution is -2.49. The summed E-state index contributed by atoms with van der Waals surface area (Å²) in [5, 5.41) is 10.00. The molecule has 5 rings (SSSR count). The zero-order valence-electron chi connectivity index (χ0n) is 21.0. The third kappa shape index (κ3) is 4.36. The van der Waals surface area contributed by atoms with Gasteiger partial charge in [0.2, 0.25) is 11.8 Å². The molecule has 0 saturated carbocycles. The van der Waals surface area contributed by atoms with E-state index in [1.807, 2.05) is 48.0 Å². The maximum atomic E-state index is 15.9. The van der Waals surface area contributed by atoms with E-state index in [-0.39, 0.29) is 17.2 Å². The summed E-state index contributed by atoms with van der Waals surface area (Å²) in [5.74, 6) is -1.19. The lowest BCUT2D eigenvalue weighted by molar-refractivity contribution is -0.122. The zero-order chi connectivity index (χ0) is 26.7. The second-order valence-electron chi connectivity index (χ2n) is 11.1. The van der Waals surface area contributed by atoms with Crippen molar-refractivity contribution in [1.82, 2.24) is 9.88 Å². The number of aryl methyl sites for hydroxylation is 1. The highest BCUT2D eigenvalue weighted by Crippen LogP contribution is 2.57. The van der Waals surface area contributed by atoms with Crippen LogP contribution in [0.5, 0.6) is 0 Å². The topological polar surface area (TPSA) is 75.2 Å². The van der Waals surface area contributed by atoms with Crippen LogP contribution in [0.3, 0.4) is 0 Å². The molecule has 9 heteroatoms. The number of carbonyl (C=O) groups excluding carboxylic acids is 2. The Balaban J connectivity index is 1.75. The van der Waals surface area contributed by atoms with E-state index in [1.54, 1.807) is 41.0 Å².